The van der Waals surface area contributed by atoms with E-state index in [9.17, 15) is 9.59 Å². The number of rotatable bonds is 6. The van der Waals surface area contributed by atoms with Crippen LogP contribution in [0, 0.1) is 0 Å². The SMILES string of the molecule is CCCCC(C)NC(C)C(=O)NC(N)=O. The minimum Gasteiger partial charge on any atom is -0.351 e. The lowest BCUT2D eigenvalue weighted by Gasteiger charge is -2.18. The van der Waals surface area contributed by atoms with Crippen molar-refractivity contribution in [1.82, 2.24) is 10.6 Å². The molecule has 0 rings (SSSR count). The minimum absolute atomic E-state index is 0.263. The number of imide groups is 1. The van der Waals surface area contributed by atoms with Gasteiger partial charge in [-0.3, -0.25) is 10.1 Å². The van der Waals surface area contributed by atoms with Gasteiger partial charge < -0.3 is 11.1 Å². The Morgan fingerprint density at radius 3 is 2.40 bits per heavy atom. The largest absolute Gasteiger partial charge is 0.351 e. The monoisotopic (exact) mass is 215 g/mol. The highest BCUT2D eigenvalue weighted by atomic mass is 16.2. The summed E-state index contributed by atoms with van der Waals surface area (Å²) in [5.41, 5.74) is 4.84. The van der Waals surface area contributed by atoms with Crippen molar-refractivity contribution in [2.75, 3.05) is 0 Å². The van der Waals surface area contributed by atoms with E-state index in [1.54, 1.807) is 6.92 Å². The highest BCUT2D eigenvalue weighted by Gasteiger charge is 2.15. The van der Waals surface area contributed by atoms with Crippen molar-refractivity contribution >= 4 is 11.9 Å². The molecule has 0 aromatic heterocycles. The Bertz CT molecular complexity index is 219. The first-order valence-corrected chi connectivity index (χ1v) is 5.33. The van der Waals surface area contributed by atoms with Crippen molar-refractivity contribution in [3.8, 4) is 0 Å². The van der Waals surface area contributed by atoms with Crippen LogP contribution in [0.15, 0.2) is 0 Å². The van der Waals surface area contributed by atoms with Gasteiger partial charge in [0, 0.05) is 6.04 Å². The second-order valence-corrected chi connectivity index (χ2v) is 3.79. The van der Waals surface area contributed by atoms with Crippen molar-refractivity contribution < 1.29 is 9.59 Å². The van der Waals surface area contributed by atoms with Crippen LogP contribution < -0.4 is 16.4 Å². The van der Waals surface area contributed by atoms with E-state index in [0.29, 0.717) is 0 Å². The highest BCUT2D eigenvalue weighted by molar-refractivity contribution is 5.96. The number of nitrogens with two attached hydrogens (primary N) is 1. The molecular weight excluding hydrogens is 194 g/mol. The number of carbonyl (C=O) groups is 2. The minimum atomic E-state index is -0.810. The maximum Gasteiger partial charge on any atom is 0.318 e. The zero-order valence-corrected chi connectivity index (χ0v) is 9.67. The highest BCUT2D eigenvalue weighted by Crippen LogP contribution is 2.00. The van der Waals surface area contributed by atoms with Gasteiger partial charge in [0.1, 0.15) is 0 Å². The first kappa shape index (κ1) is 13.9. The number of unbranched alkanes of at least 4 members (excludes halogenated alkanes) is 1. The molecule has 2 atom stereocenters. The summed E-state index contributed by atoms with van der Waals surface area (Å²) < 4.78 is 0. The number of hydrogen-bond donors (Lipinski definition) is 3. The van der Waals surface area contributed by atoms with Gasteiger partial charge >= 0.3 is 6.03 Å². The van der Waals surface area contributed by atoms with Crippen LogP contribution in [0.5, 0.6) is 0 Å². The molecule has 0 aliphatic carbocycles. The Labute approximate surface area is 90.8 Å². The predicted octanol–water partition coefficient (Wildman–Crippen LogP) is 0.738. The van der Waals surface area contributed by atoms with Crippen LogP contribution in [0.2, 0.25) is 0 Å². The van der Waals surface area contributed by atoms with Gasteiger partial charge in [0.05, 0.1) is 6.04 Å². The number of nitrogens with one attached hydrogen (secondary N) is 2. The quantitative estimate of drug-likeness (QED) is 0.611. The molecule has 0 spiro atoms. The van der Waals surface area contributed by atoms with Gasteiger partial charge in [0.15, 0.2) is 0 Å². The van der Waals surface area contributed by atoms with E-state index in [-0.39, 0.29) is 11.9 Å². The molecule has 2 unspecified atom stereocenters. The molecule has 5 nitrogen and oxygen atoms in total. The number of amides is 3. The smallest absolute Gasteiger partial charge is 0.318 e. The van der Waals surface area contributed by atoms with Crippen molar-refractivity contribution in [3.63, 3.8) is 0 Å². The molecule has 0 aliphatic heterocycles. The average molecular weight is 215 g/mol. The van der Waals surface area contributed by atoms with Crippen molar-refractivity contribution in [1.29, 1.82) is 0 Å². The molecular formula is C10H21N3O2. The van der Waals surface area contributed by atoms with Gasteiger partial charge in [0.2, 0.25) is 5.91 Å². The maximum absolute atomic E-state index is 11.3. The fourth-order valence-electron chi connectivity index (χ4n) is 1.33. The predicted molar refractivity (Wildman–Crippen MR) is 59.3 cm³/mol. The molecule has 0 bridgehead atoms. The third-order valence-electron chi connectivity index (χ3n) is 2.16. The molecule has 0 aliphatic rings. The first-order chi connectivity index (χ1) is 6.97. The Balaban J connectivity index is 3.84. The lowest BCUT2D eigenvalue weighted by atomic mass is 10.1. The summed E-state index contributed by atoms with van der Waals surface area (Å²) in [7, 11) is 0. The summed E-state index contributed by atoms with van der Waals surface area (Å²) in [6.45, 7) is 5.85. The normalized spacial score (nSPS) is 14.3. The number of carbonyl (C=O) groups excluding carboxylic acids is 2. The summed E-state index contributed by atoms with van der Waals surface area (Å²) >= 11 is 0. The number of hydrogen-bond acceptors (Lipinski definition) is 3. The van der Waals surface area contributed by atoms with Crippen LogP contribution >= 0.6 is 0 Å². The molecule has 0 radical (unpaired) electrons. The molecule has 4 N–H and O–H groups in total. The van der Waals surface area contributed by atoms with Crippen molar-refractivity contribution in [2.45, 2.75) is 52.1 Å². The van der Waals surface area contributed by atoms with Crippen LogP contribution in [0.1, 0.15) is 40.0 Å². The summed E-state index contributed by atoms with van der Waals surface area (Å²) in [5.74, 6) is -0.383. The van der Waals surface area contributed by atoms with Crippen LogP contribution in [0.4, 0.5) is 4.79 Å². The second kappa shape index (κ2) is 7.23. The number of urea groups is 1. The van der Waals surface area contributed by atoms with Gasteiger partial charge in [-0.05, 0) is 20.3 Å². The van der Waals surface area contributed by atoms with E-state index in [2.05, 4.69) is 12.2 Å². The Hall–Kier alpha value is -1.10. The second-order valence-electron chi connectivity index (χ2n) is 3.79. The molecule has 3 amide bonds. The molecule has 5 heteroatoms. The van der Waals surface area contributed by atoms with Crippen LogP contribution in [0.3, 0.4) is 0 Å². The van der Waals surface area contributed by atoms with Gasteiger partial charge in [-0.1, -0.05) is 19.8 Å². The van der Waals surface area contributed by atoms with E-state index in [1.165, 1.54) is 0 Å². The third-order valence-corrected chi connectivity index (χ3v) is 2.16. The zero-order valence-electron chi connectivity index (χ0n) is 9.67. The standard InChI is InChI=1S/C10H21N3O2/c1-4-5-6-7(2)12-8(3)9(14)13-10(11)15/h7-8,12H,4-6H2,1-3H3,(H3,11,13,14,15). The lowest BCUT2D eigenvalue weighted by Crippen LogP contribution is -2.48. The molecule has 88 valence electrons. The Morgan fingerprint density at radius 1 is 1.33 bits per heavy atom. The molecule has 0 saturated heterocycles. The lowest BCUT2D eigenvalue weighted by molar-refractivity contribution is -0.121. The van der Waals surface area contributed by atoms with Gasteiger partial charge in [-0.15, -0.1) is 0 Å². The van der Waals surface area contributed by atoms with Gasteiger partial charge in [-0.2, -0.15) is 0 Å². The summed E-state index contributed by atoms with van der Waals surface area (Å²) in [6.07, 6.45) is 3.27. The molecule has 0 heterocycles. The van der Waals surface area contributed by atoms with E-state index < -0.39 is 12.1 Å². The molecule has 0 fully saturated rings. The number of primary amides is 1. The van der Waals surface area contributed by atoms with Crippen molar-refractivity contribution in [2.24, 2.45) is 5.73 Å². The average Bonchev–Trinajstić information content (AvgIpc) is 2.13. The molecule has 0 aromatic carbocycles. The molecule has 15 heavy (non-hydrogen) atoms. The summed E-state index contributed by atoms with van der Waals surface area (Å²) in [5, 5.41) is 5.14. The molecule has 0 saturated carbocycles. The van der Waals surface area contributed by atoms with E-state index in [1.807, 2.05) is 12.2 Å². The summed E-state index contributed by atoms with van der Waals surface area (Å²) in [6, 6.07) is -0.946. The van der Waals surface area contributed by atoms with E-state index in [4.69, 9.17) is 5.73 Å². The third kappa shape index (κ3) is 6.90. The fourth-order valence-corrected chi connectivity index (χ4v) is 1.33. The topological polar surface area (TPSA) is 84.2 Å². The summed E-state index contributed by atoms with van der Waals surface area (Å²) in [4.78, 5) is 21.7. The molecule has 0 aromatic rings. The Kier molecular flexibility index (Phi) is 6.70. The van der Waals surface area contributed by atoms with Crippen LogP contribution in [0.25, 0.3) is 0 Å². The van der Waals surface area contributed by atoms with E-state index in [0.717, 1.165) is 19.3 Å². The first-order valence-electron chi connectivity index (χ1n) is 5.33. The van der Waals surface area contributed by atoms with E-state index >= 15 is 0 Å². The fraction of sp³-hybridized carbons (Fsp3) is 0.800. The van der Waals surface area contributed by atoms with Crippen molar-refractivity contribution in [3.05, 3.63) is 0 Å². The van der Waals surface area contributed by atoms with Crippen LogP contribution in [-0.2, 0) is 4.79 Å². The van der Waals surface area contributed by atoms with Gasteiger partial charge in [-0.25, -0.2) is 4.79 Å². The Morgan fingerprint density at radius 2 is 1.93 bits per heavy atom. The zero-order chi connectivity index (χ0) is 11.8. The maximum atomic E-state index is 11.3. The van der Waals surface area contributed by atoms with Crippen LogP contribution in [-0.4, -0.2) is 24.0 Å². The van der Waals surface area contributed by atoms with Gasteiger partial charge in [0.25, 0.3) is 0 Å².